The zero-order valence-electron chi connectivity index (χ0n) is 15.0. The van der Waals surface area contributed by atoms with Crippen molar-refractivity contribution in [2.24, 2.45) is 0 Å². The molecule has 0 atom stereocenters. The second kappa shape index (κ2) is 8.92. The van der Waals surface area contributed by atoms with Crippen molar-refractivity contribution in [3.05, 3.63) is 60.7 Å². The number of alkyl halides is 3. The van der Waals surface area contributed by atoms with Crippen LogP contribution in [-0.4, -0.2) is 16.8 Å². The van der Waals surface area contributed by atoms with E-state index in [1.165, 1.54) is 32.3 Å². The molecule has 0 bridgehead atoms. The number of aryl methyl sites for hydroxylation is 2. The summed E-state index contributed by atoms with van der Waals surface area (Å²) in [6, 6.07) is 16.8. The SMILES string of the molecule is CC(=O)CC[n+]1c2ccccc2c(C)c2ccccc21.[O-][OH+][CH-]C(F)(F)F. The number of halogens is 3. The molecule has 1 heterocycles. The van der Waals surface area contributed by atoms with Crippen molar-refractivity contribution in [3.8, 4) is 0 Å². The molecule has 0 radical (unpaired) electrons. The van der Waals surface area contributed by atoms with Gasteiger partial charge in [-0.1, -0.05) is 24.3 Å². The minimum Gasteiger partial charge on any atom is -0.582 e. The molecular formula is C20H20F3NO3. The van der Waals surface area contributed by atoms with Crippen LogP contribution in [0.3, 0.4) is 0 Å². The van der Waals surface area contributed by atoms with Crippen LogP contribution in [-0.2, 0) is 11.3 Å². The molecule has 1 aromatic heterocycles. The van der Waals surface area contributed by atoms with Crippen molar-refractivity contribution < 1.29 is 32.7 Å². The van der Waals surface area contributed by atoms with Gasteiger partial charge in [0.05, 0.1) is 13.0 Å². The third-order valence-electron chi connectivity index (χ3n) is 4.08. The molecule has 0 fully saturated rings. The van der Waals surface area contributed by atoms with Crippen molar-refractivity contribution in [2.45, 2.75) is 33.0 Å². The van der Waals surface area contributed by atoms with Crippen LogP contribution in [0.25, 0.3) is 21.8 Å². The lowest BCUT2D eigenvalue weighted by molar-refractivity contribution is -0.767. The molecule has 0 aliphatic rings. The van der Waals surface area contributed by atoms with Crippen LogP contribution in [0.1, 0.15) is 18.9 Å². The predicted molar refractivity (Wildman–Crippen MR) is 94.7 cm³/mol. The number of ketones is 1. The van der Waals surface area contributed by atoms with Crippen molar-refractivity contribution in [2.75, 3.05) is 0 Å². The van der Waals surface area contributed by atoms with Crippen LogP contribution in [0.2, 0.25) is 0 Å². The summed E-state index contributed by atoms with van der Waals surface area (Å²) >= 11 is 0. The summed E-state index contributed by atoms with van der Waals surface area (Å²) < 4.78 is 34.4. The van der Waals surface area contributed by atoms with E-state index in [1.54, 1.807) is 6.92 Å². The molecule has 4 nitrogen and oxygen atoms in total. The number of rotatable bonds is 4. The van der Waals surface area contributed by atoms with Crippen molar-refractivity contribution in [1.29, 1.82) is 0 Å². The summed E-state index contributed by atoms with van der Waals surface area (Å²) in [5.41, 5.74) is 3.70. The molecule has 0 saturated carbocycles. The summed E-state index contributed by atoms with van der Waals surface area (Å²) in [7, 11) is 0. The summed E-state index contributed by atoms with van der Waals surface area (Å²) in [6.07, 6.45) is -3.98. The summed E-state index contributed by atoms with van der Waals surface area (Å²) in [6.45, 7) is 3.93. The highest BCUT2D eigenvalue weighted by Gasteiger charge is 2.19. The van der Waals surface area contributed by atoms with Crippen molar-refractivity contribution in [1.82, 2.24) is 0 Å². The predicted octanol–water partition coefficient (Wildman–Crippen LogP) is 3.65. The second-order valence-corrected chi connectivity index (χ2v) is 6.04. The number of fused-ring (bicyclic) bond motifs is 2. The Morgan fingerprint density at radius 1 is 1.07 bits per heavy atom. The Morgan fingerprint density at radius 3 is 1.93 bits per heavy atom. The molecule has 144 valence electrons. The van der Waals surface area contributed by atoms with E-state index in [0.29, 0.717) is 6.42 Å². The zero-order chi connectivity index (χ0) is 20.0. The van der Waals surface area contributed by atoms with Gasteiger partial charge in [0.2, 0.25) is 11.0 Å². The van der Waals surface area contributed by atoms with E-state index in [1.807, 2.05) is 0 Å². The minimum atomic E-state index is -4.55. The number of benzene rings is 2. The van der Waals surface area contributed by atoms with Gasteiger partial charge < -0.3 is 10.1 Å². The molecule has 1 N–H and O–H groups in total. The first-order valence-electron chi connectivity index (χ1n) is 8.27. The maximum Gasteiger partial charge on any atom is 0.336 e. The lowest BCUT2D eigenvalue weighted by Gasteiger charge is -2.13. The molecule has 3 aromatic rings. The van der Waals surface area contributed by atoms with E-state index in [4.69, 9.17) is 5.26 Å². The van der Waals surface area contributed by atoms with E-state index in [2.05, 4.69) is 60.0 Å². The number of pyridine rings is 1. The van der Waals surface area contributed by atoms with Gasteiger partial charge in [0.15, 0.2) is 6.54 Å². The largest absolute Gasteiger partial charge is 0.582 e. The first-order chi connectivity index (χ1) is 12.7. The number of aromatic nitrogens is 1. The van der Waals surface area contributed by atoms with Crippen LogP contribution in [0, 0.1) is 13.5 Å². The summed E-state index contributed by atoms with van der Waals surface area (Å²) in [5.74, 6) is 0.228. The van der Waals surface area contributed by atoms with E-state index >= 15 is 0 Å². The molecule has 7 heteroatoms. The van der Waals surface area contributed by atoms with Crippen molar-refractivity contribution >= 4 is 27.6 Å². The number of nitrogens with zero attached hydrogens (tertiary/aromatic N) is 1. The fraction of sp³-hybridized carbons (Fsp3) is 0.250. The number of Topliss-reactive ketones (excluding diaryl/α,β-unsaturated/α-hetero) is 1. The highest BCUT2D eigenvalue weighted by atomic mass is 19.4. The molecule has 3 rings (SSSR count). The molecule has 0 unspecified atom stereocenters. The Balaban J connectivity index is 0.000000321. The van der Waals surface area contributed by atoms with Gasteiger partial charge in [-0.25, -0.2) is 0 Å². The lowest BCUT2D eigenvalue weighted by atomic mass is 10.0. The zero-order valence-corrected chi connectivity index (χ0v) is 15.0. The van der Waals surface area contributed by atoms with E-state index in [-0.39, 0.29) is 5.78 Å². The molecule has 0 aliphatic carbocycles. The normalized spacial score (nSPS) is 11.3. The van der Waals surface area contributed by atoms with Gasteiger partial charge >= 0.3 is 6.18 Å². The number of carbonyl (C=O) groups excluding carboxylic acids is 1. The minimum absolute atomic E-state index is 0.228. The fourth-order valence-electron chi connectivity index (χ4n) is 2.90. The topological polar surface area (TPSA) is 56.8 Å². The lowest BCUT2D eigenvalue weighted by Crippen LogP contribution is -2.36. The average molecular weight is 379 g/mol. The van der Waals surface area contributed by atoms with Gasteiger partial charge in [-0.05, 0) is 31.5 Å². The number of hydrogen-bond donors (Lipinski definition) is 0. The maximum atomic E-state index is 11.3. The number of aliphatic hydroxyl groups is 1. The van der Waals surface area contributed by atoms with E-state index in [9.17, 15) is 18.0 Å². The van der Waals surface area contributed by atoms with Crippen LogP contribution in [0.4, 0.5) is 13.2 Å². The van der Waals surface area contributed by atoms with Gasteiger partial charge in [0, 0.05) is 22.9 Å². The number of para-hydroxylation sites is 2. The summed E-state index contributed by atoms with van der Waals surface area (Å²) in [5, 5.41) is 11.3. The Hall–Kier alpha value is -2.51. The van der Waals surface area contributed by atoms with Gasteiger partial charge in [-0.3, -0.25) is 4.79 Å². The number of carbonyl (C=O) groups is 1. The van der Waals surface area contributed by atoms with Crippen LogP contribution >= 0.6 is 0 Å². The Morgan fingerprint density at radius 2 is 1.56 bits per heavy atom. The highest BCUT2D eigenvalue weighted by molar-refractivity contribution is 5.93. The smallest absolute Gasteiger partial charge is 0.336 e. The standard InChI is InChI=1S/C18H18NO.C2H2F3O2/c1-13(20)11-12-19-17-9-5-3-7-15(17)14(2)16-8-4-6-10-18(16)19;3-2(4,5)1-7-6/h3-10H,11-12H2,1-2H3;1,7H/q+1;-1. The molecular weight excluding hydrogens is 359 g/mol. The quantitative estimate of drug-likeness (QED) is 0.174. The Kier molecular flexibility index (Phi) is 6.87. The monoisotopic (exact) mass is 379 g/mol. The third-order valence-corrected chi connectivity index (χ3v) is 4.08. The molecule has 27 heavy (non-hydrogen) atoms. The van der Waals surface area contributed by atoms with Crippen LogP contribution in [0.15, 0.2) is 48.5 Å². The third kappa shape index (κ3) is 5.48. The second-order valence-electron chi connectivity index (χ2n) is 6.04. The molecule has 0 spiro atoms. The Bertz CT molecular complexity index is 882. The first-order valence-corrected chi connectivity index (χ1v) is 8.27. The van der Waals surface area contributed by atoms with Gasteiger partial charge in [-0.15, -0.1) is 0 Å². The average Bonchev–Trinajstić information content (AvgIpc) is 2.61. The van der Waals surface area contributed by atoms with E-state index in [0.717, 1.165) is 6.54 Å². The van der Waals surface area contributed by atoms with Gasteiger partial charge in [0.1, 0.15) is 5.78 Å². The Labute approximate surface area is 154 Å². The van der Waals surface area contributed by atoms with Crippen molar-refractivity contribution in [3.63, 3.8) is 0 Å². The molecule has 0 saturated heterocycles. The first kappa shape index (κ1) is 20.8. The van der Waals surface area contributed by atoms with Crippen LogP contribution in [0.5, 0.6) is 0 Å². The highest BCUT2D eigenvalue weighted by Crippen LogP contribution is 2.23. The van der Waals surface area contributed by atoms with Crippen LogP contribution < -0.4 is 9.82 Å². The molecule has 2 aromatic carbocycles. The van der Waals surface area contributed by atoms with Gasteiger partial charge in [0.25, 0.3) is 0 Å². The molecule has 0 aliphatic heterocycles. The molecule has 0 amide bonds. The fourth-order valence-corrected chi connectivity index (χ4v) is 2.90. The van der Waals surface area contributed by atoms with E-state index < -0.39 is 12.8 Å². The maximum absolute atomic E-state index is 11.3. The number of hydrogen-bond acceptors (Lipinski definition) is 2. The van der Waals surface area contributed by atoms with Gasteiger partial charge in [-0.2, -0.15) is 17.7 Å². The summed E-state index contributed by atoms with van der Waals surface area (Å²) in [4.78, 5) is 12.8.